The molecule has 31 heavy (non-hydrogen) atoms. The second kappa shape index (κ2) is 14.8. The lowest BCUT2D eigenvalue weighted by Gasteiger charge is -2.05. The molecule has 2 rings (SSSR count). The second-order valence-electron chi connectivity index (χ2n) is 8.58. The summed E-state index contributed by atoms with van der Waals surface area (Å²) in [7, 11) is 1.34. The number of aromatic nitrogens is 2. The molecule has 172 valence electrons. The molecule has 0 saturated heterocycles. The largest absolute Gasteiger partial charge is 0.465 e. The summed E-state index contributed by atoms with van der Waals surface area (Å²) in [6.45, 7) is 2.27. The van der Waals surface area contributed by atoms with Gasteiger partial charge in [-0.3, -0.25) is 4.79 Å². The molecule has 1 heterocycles. The summed E-state index contributed by atoms with van der Waals surface area (Å²) >= 11 is 0. The van der Waals surface area contributed by atoms with E-state index in [0.29, 0.717) is 28.7 Å². The first-order valence-electron chi connectivity index (χ1n) is 12.3. The van der Waals surface area contributed by atoms with Crippen LogP contribution in [0, 0.1) is 0 Å². The van der Waals surface area contributed by atoms with Gasteiger partial charge in [-0.05, 0) is 31.0 Å². The summed E-state index contributed by atoms with van der Waals surface area (Å²) in [4.78, 5) is 31.3. The number of unbranched alkanes of at least 4 members (excludes halogenated alkanes) is 13. The van der Waals surface area contributed by atoms with Gasteiger partial charge in [0, 0.05) is 0 Å². The highest BCUT2D eigenvalue weighted by Gasteiger charge is 2.09. The van der Waals surface area contributed by atoms with Crippen molar-refractivity contribution in [2.45, 2.75) is 103 Å². The average Bonchev–Trinajstić information content (AvgIpc) is 2.78. The Bertz CT molecular complexity index is 844. The van der Waals surface area contributed by atoms with Gasteiger partial charge in [-0.1, -0.05) is 90.4 Å². The van der Waals surface area contributed by atoms with Crippen molar-refractivity contribution < 1.29 is 9.53 Å². The van der Waals surface area contributed by atoms with E-state index in [-0.39, 0.29) is 5.56 Å². The highest BCUT2D eigenvalue weighted by Crippen LogP contribution is 2.15. The van der Waals surface area contributed by atoms with Crippen LogP contribution in [0.3, 0.4) is 0 Å². The summed E-state index contributed by atoms with van der Waals surface area (Å²) in [5.41, 5.74) is 2.10. The molecule has 0 saturated carbocycles. The standard InChI is InChI=1S/C26H40N2O3/c1-3-4-5-6-7-8-9-10-11-12-13-14-15-16-17-23-25(29)28-24-20-21(26(30)31-2)18-19-22(24)27-23/h18-20H,3-17H2,1-2H3,(H,28,29). The molecule has 0 unspecified atom stereocenters. The topological polar surface area (TPSA) is 72.0 Å². The van der Waals surface area contributed by atoms with Gasteiger partial charge in [0.15, 0.2) is 0 Å². The van der Waals surface area contributed by atoms with Gasteiger partial charge in [0.25, 0.3) is 5.56 Å². The summed E-state index contributed by atoms with van der Waals surface area (Å²) in [6, 6.07) is 5.05. The minimum absolute atomic E-state index is 0.163. The maximum atomic E-state index is 12.3. The van der Waals surface area contributed by atoms with Crippen LogP contribution in [-0.2, 0) is 11.2 Å². The molecule has 0 spiro atoms. The maximum Gasteiger partial charge on any atom is 0.337 e. The molecule has 1 N–H and O–H groups in total. The van der Waals surface area contributed by atoms with E-state index in [1.54, 1.807) is 18.2 Å². The van der Waals surface area contributed by atoms with Crippen molar-refractivity contribution in [1.82, 2.24) is 9.97 Å². The Labute approximate surface area is 187 Å². The summed E-state index contributed by atoms with van der Waals surface area (Å²) in [6.07, 6.45) is 19.1. The van der Waals surface area contributed by atoms with Crippen LogP contribution in [0.5, 0.6) is 0 Å². The Kier molecular flexibility index (Phi) is 12.0. The van der Waals surface area contributed by atoms with Crippen molar-refractivity contribution in [1.29, 1.82) is 0 Å². The molecular weight excluding hydrogens is 388 g/mol. The number of benzene rings is 1. The summed E-state index contributed by atoms with van der Waals surface area (Å²) in [5, 5.41) is 0. The Morgan fingerprint density at radius 1 is 0.871 bits per heavy atom. The van der Waals surface area contributed by atoms with Crippen LogP contribution >= 0.6 is 0 Å². The van der Waals surface area contributed by atoms with Gasteiger partial charge in [0.1, 0.15) is 5.69 Å². The van der Waals surface area contributed by atoms with Crippen LogP contribution in [0.2, 0.25) is 0 Å². The molecule has 0 amide bonds. The number of nitrogens with zero attached hydrogens (tertiary/aromatic N) is 1. The van der Waals surface area contributed by atoms with Crippen molar-refractivity contribution in [3.05, 3.63) is 39.8 Å². The number of H-pyrrole nitrogens is 1. The van der Waals surface area contributed by atoms with Crippen LogP contribution in [0.15, 0.2) is 23.0 Å². The zero-order chi connectivity index (χ0) is 22.3. The molecule has 0 aliphatic rings. The minimum atomic E-state index is -0.422. The first-order valence-corrected chi connectivity index (χ1v) is 12.3. The molecule has 1 aromatic carbocycles. The number of esters is 1. The molecule has 0 atom stereocenters. The lowest BCUT2D eigenvalue weighted by atomic mass is 10.0. The third kappa shape index (κ3) is 9.24. The maximum absolute atomic E-state index is 12.3. The fraction of sp³-hybridized carbons (Fsp3) is 0.654. The van der Waals surface area contributed by atoms with Crippen molar-refractivity contribution in [2.24, 2.45) is 0 Å². The number of methoxy groups -OCH3 is 1. The molecular formula is C26H40N2O3. The molecule has 5 heteroatoms. The Hall–Kier alpha value is -2.17. The SMILES string of the molecule is CCCCCCCCCCCCCCCCc1nc2ccc(C(=O)OC)cc2[nH]c1=O. The number of rotatable bonds is 16. The summed E-state index contributed by atoms with van der Waals surface area (Å²) < 4.78 is 4.72. The van der Waals surface area contributed by atoms with E-state index in [1.165, 1.54) is 84.2 Å². The quantitative estimate of drug-likeness (QED) is 0.237. The van der Waals surface area contributed by atoms with Gasteiger partial charge in [0.05, 0.1) is 23.7 Å². The molecule has 1 aromatic heterocycles. The van der Waals surface area contributed by atoms with E-state index in [0.717, 1.165) is 12.8 Å². The molecule has 0 bridgehead atoms. The van der Waals surface area contributed by atoms with Gasteiger partial charge in [-0.25, -0.2) is 9.78 Å². The predicted octanol–water partition coefficient (Wildman–Crippen LogP) is 6.73. The van der Waals surface area contributed by atoms with Gasteiger partial charge < -0.3 is 9.72 Å². The molecule has 0 aliphatic heterocycles. The number of aromatic amines is 1. The highest BCUT2D eigenvalue weighted by molar-refractivity contribution is 5.93. The zero-order valence-electron chi connectivity index (χ0n) is 19.5. The Balaban J connectivity index is 1.58. The third-order valence-corrected chi connectivity index (χ3v) is 5.95. The van der Waals surface area contributed by atoms with E-state index in [1.807, 2.05) is 0 Å². The number of hydrogen-bond donors (Lipinski definition) is 1. The number of carbonyl (C=O) groups excluding carboxylic acids is 1. The van der Waals surface area contributed by atoms with E-state index in [4.69, 9.17) is 4.74 Å². The normalized spacial score (nSPS) is 11.2. The van der Waals surface area contributed by atoms with Crippen LogP contribution in [-0.4, -0.2) is 23.0 Å². The highest BCUT2D eigenvalue weighted by atomic mass is 16.5. The van der Waals surface area contributed by atoms with Crippen LogP contribution < -0.4 is 5.56 Å². The number of carbonyl (C=O) groups is 1. The molecule has 0 aliphatic carbocycles. The van der Waals surface area contributed by atoms with Crippen molar-refractivity contribution in [3.8, 4) is 0 Å². The molecule has 0 radical (unpaired) electrons. The van der Waals surface area contributed by atoms with Gasteiger partial charge in [0.2, 0.25) is 0 Å². The van der Waals surface area contributed by atoms with Crippen LogP contribution in [0.1, 0.15) is 113 Å². The zero-order valence-corrected chi connectivity index (χ0v) is 19.5. The second-order valence-corrected chi connectivity index (χ2v) is 8.58. The lowest BCUT2D eigenvalue weighted by Crippen LogP contribution is -2.15. The first-order chi connectivity index (χ1) is 15.2. The van der Waals surface area contributed by atoms with Crippen molar-refractivity contribution in [3.63, 3.8) is 0 Å². The lowest BCUT2D eigenvalue weighted by molar-refractivity contribution is 0.0601. The average molecular weight is 429 g/mol. The monoisotopic (exact) mass is 428 g/mol. The van der Waals surface area contributed by atoms with Gasteiger partial charge in [-0.2, -0.15) is 0 Å². The van der Waals surface area contributed by atoms with Crippen LogP contribution in [0.25, 0.3) is 11.0 Å². The molecule has 5 nitrogen and oxygen atoms in total. The summed E-state index contributed by atoms with van der Waals surface area (Å²) in [5.74, 6) is -0.422. The Morgan fingerprint density at radius 2 is 1.42 bits per heavy atom. The van der Waals surface area contributed by atoms with E-state index in [2.05, 4.69) is 16.9 Å². The van der Waals surface area contributed by atoms with Gasteiger partial charge in [-0.15, -0.1) is 0 Å². The number of nitrogens with one attached hydrogen (secondary N) is 1. The number of aryl methyl sites for hydroxylation is 1. The Morgan fingerprint density at radius 3 is 1.97 bits per heavy atom. The van der Waals surface area contributed by atoms with Gasteiger partial charge >= 0.3 is 5.97 Å². The number of hydrogen-bond acceptors (Lipinski definition) is 4. The molecule has 0 fully saturated rings. The smallest absolute Gasteiger partial charge is 0.337 e. The van der Waals surface area contributed by atoms with Crippen molar-refractivity contribution in [2.75, 3.05) is 7.11 Å². The van der Waals surface area contributed by atoms with Crippen LogP contribution in [0.4, 0.5) is 0 Å². The first kappa shape index (κ1) is 25.1. The number of fused-ring (bicyclic) bond motifs is 1. The van der Waals surface area contributed by atoms with E-state index < -0.39 is 5.97 Å². The fourth-order valence-corrected chi connectivity index (χ4v) is 4.03. The third-order valence-electron chi connectivity index (χ3n) is 5.95. The number of ether oxygens (including phenoxy) is 1. The minimum Gasteiger partial charge on any atom is -0.465 e. The van der Waals surface area contributed by atoms with E-state index >= 15 is 0 Å². The van der Waals surface area contributed by atoms with Crippen molar-refractivity contribution >= 4 is 17.0 Å². The van der Waals surface area contributed by atoms with E-state index in [9.17, 15) is 9.59 Å². The predicted molar refractivity (Wildman–Crippen MR) is 128 cm³/mol. The molecule has 2 aromatic rings. The fourth-order valence-electron chi connectivity index (χ4n) is 4.03.